The van der Waals surface area contributed by atoms with Gasteiger partial charge in [0.05, 0.1) is 10.6 Å². The zero-order valence-corrected chi connectivity index (χ0v) is 18.1. The Bertz CT molecular complexity index is 860. The summed E-state index contributed by atoms with van der Waals surface area (Å²) in [5, 5.41) is 3.05. The number of carbonyl (C=O) groups is 1. The molecule has 0 bridgehead atoms. The van der Waals surface area contributed by atoms with Gasteiger partial charge in [0.25, 0.3) is 3.58 Å². The molecule has 2 aromatic carbocycles. The Morgan fingerprint density at radius 1 is 1.00 bits per heavy atom. The van der Waals surface area contributed by atoms with Crippen LogP contribution in [0.5, 0.6) is 0 Å². The van der Waals surface area contributed by atoms with Gasteiger partial charge in [-0.05, 0) is 38.1 Å². The van der Waals surface area contributed by atoms with E-state index in [1.165, 1.54) is 15.7 Å². The molecular weight excluding hydrogens is 465 g/mol. The molecule has 0 heterocycles. The van der Waals surface area contributed by atoms with E-state index in [0.29, 0.717) is 0 Å². The number of aryl methyl sites for hydroxylation is 1. The molecular formula is C19H22INO4S. The summed E-state index contributed by atoms with van der Waals surface area (Å²) in [5.41, 5.74) is 1.93. The number of nitrogens with one attached hydrogen (secondary N) is 1. The van der Waals surface area contributed by atoms with Crippen LogP contribution in [0.3, 0.4) is 0 Å². The molecule has 0 saturated heterocycles. The average Bonchev–Trinajstić information content (AvgIpc) is 2.60. The molecule has 0 saturated carbocycles. The van der Waals surface area contributed by atoms with Crippen molar-refractivity contribution in [3.05, 3.63) is 73.0 Å². The third kappa shape index (κ3) is 7.67. The molecule has 0 radical (unpaired) electrons. The molecule has 0 spiro atoms. The zero-order valence-electron chi connectivity index (χ0n) is 15.1. The van der Waals surface area contributed by atoms with Crippen molar-refractivity contribution in [2.75, 3.05) is 7.05 Å². The molecule has 0 unspecified atom stereocenters. The fourth-order valence-corrected chi connectivity index (χ4v) is 4.72. The van der Waals surface area contributed by atoms with Crippen molar-refractivity contribution in [1.82, 2.24) is 5.32 Å². The Morgan fingerprint density at radius 3 is 1.96 bits per heavy atom. The van der Waals surface area contributed by atoms with E-state index in [4.69, 9.17) is 0 Å². The predicted molar refractivity (Wildman–Crippen MR) is 96.7 cm³/mol. The smallest absolute Gasteiger partial charge is 0.363 e. The lowest BCUT2D eigenvalue weighted by Gasteiger charge is -2.05. The number of carbonyl (C=O) groups excluding carboxylic acids is 1. The molecule has 7 heteroatoms. The van der Waals surface area contributed by atoms with Crippen molar-refractivity contribution < 1.29 is 39.0 Å². The van der Waals surface area contributed by atoms with Crippen LogP contribution in [0, 0.1) is 10.5 Å². The van der Waals surface area contributed by atoms with E-state index in [-0.39, 0.29) is 31.9 Å². The van der Waals surface area contributed by atoms with Gasteiger partial charge in [0.1, 0.15) is 10.1 Å². The molecule has 140 valence electrons. The molecule has 5 nitrogen and oxygen atoms in total. The van der Waals surface area contributed by atoms with Gasteiger partial charge < -0.3 is 9.87 Å². The fraction of sp³-hybridized carbons (Fsp3) is 0.211. The van der Waals surface area contributed by atoms with Crippen molar-refractivity contribution in [2.45, 2.75) is 25.7 Å². The van der Waals surface area contributed by atoms with Gasteiger partial charge in [-0.3, -0.25) is 4.79 Å². The fourth-order valence-electron chi connectivity index (χ4n) is 1.80. The SMILES string of the molecule is CN/C(C)=C(/[I+]c1ccccc1)C(C)=O.Cc1ccc(S(=O)(=O)[O-])cc1. The highest BCUT2D eigenvalue weighted by Gasteiger charge is 2.25. The average molecular weight is 487 g/mol. The molecule has 0 aliphatic heterocycles. The Balaban J connectivity index is 0.000000273. The maximum atomic E-state index is 11.5. The summed E-state index contributed by atoms with van der Waals surface area (Å²) < 4.78 is 33.4. The van der Waals surface area contributed by atoms with Crippen LogP contribution in [-0.2, 0) is 14.9 Å². The Labute approximate surface area is 165 Å². The van der Waals surface area contributed by atoms with Crippen LogP contribution in [0.2, 0.25) is 0 Å². The monoisotopic (exact) mass is 487 g/mol. The van der Waals surface area contributed by atoms with Gasteiger partial charge in [-0.25, -0.2) is 8.42 Å². The number of hydrogen-bond acceptors (Lipinski definition) is 5. The lowest BCUT2D eigenvalue weighted by atomic mass is 10.2. The van der Waals surface area contributed by atoms with Crippen LogP contribution in [0.1, 0.15) is 19.4 Å². The quantitative estimate of drug-likeness (QED) is 0.361. The third-order valence-corrected chi connectivity index (χ3v) is 7.56. The van der Waals surface area contributed by atoms with Crippen LogP contribution < -0.4 is 26.5 Å². The largest absolute Gasteiger partial charge is 0.744 e. The van der Waals surface area contributed by atoms with Crippen LogP contribution in [0.4, 0.5) is 0 Å². The van der Waals surface area contributed by atoms with Gasteiger partial charge in [0.2, 0.25) is 5.78 Å². The van der Waals surface area contributed by atoms with Crippen molar-refractivity contribution >= 4 is 15.9 Å². The molecule has 2 aromatic rings. The maximum absolute atomic E-state index is 11.5. The summed E-state index contributed by atoms with van der Waals surface area (Å²) in [6.45, 7) is 5.42. The minimum atomic E-state index is -4.27. The molecule has 0 atom stereocenters. The first kappa shape index (κ1) is 22.3. The molecule has 0 aliphatic carbocycles. The molecule has 26 heavy (non-hydrogen) atoms. The highest BCUT2D eigenvalue weighted by molar-refractivity contribution is 7.85. The van der Waals surface area contributed by atoms with Gasteiger partial charge in [0, 0.05) is 14.0 Å². The second-order valence-corrected chi connectivity index (χ2v) is 9.65. The highest BCUT2D eigenvalue weighted by Crippen LogP contribution is 2.08. The van der Waals surface area contributed by atoms with E-state index < -0.39 is 10.1 Å². The lowest BCUT2D eigenvalue weighted by Crippen LogP contribution is -3.61. The summed E-state index contributed by atoms with van der Waals surface area (Å²) in [7, 11) is -2.42. The van der Waals surface area contributed by atoms with Crippen LogP contribution >= 0.6 is 0 Å². The number of hydrogen-bond donors (Lipinski definition) is 1. The van der Waals surface area contributed by atoms with Gasteiger partial charge >= 0.3 is 21.2 Å². The minimum absolute atomic E-state index is 0.178. The summed E-state index contributed by atoms with van der Waals surface area (Å²) in [4.78, 5) is 11.3. The molecule has 2 rings (SSSR count). The molecule has 0 amide bonds. The van der Waals surface area contributed by atoms with Gasteiger partial charge in [0.15, 0.2) is 3.57 Å². The Hall–Kier alpha value is -1.71. The van der Waals surface area contributed by atoms with Crippen LogP contribution in [-0.4, -0.2) is 25.8 Å². The predicted octanol–water partition coefficient (Wildman–Crippen LogP) is -0.116. The number of allylic oxidation sites excluding steroid dienone is 2. The first-order valence-electron chi connectivity index (χ1n) is 7.77. The van der Waals surface area contributed by atoms with E-state index in [1.807, 2.05) is 39.1 Å². The maximum Gasteiger partial charge on any atom is 0.363 e. The number of ketones is 1. The Morgan fingerprint density at radius 2 is 1.54 bits per heavy atom. The third-order valence-electron chi connectivity index (χ3n) is 3.26. The molecule has 0 aromatic heterocycles. The molecule has 0 fully saturated rings. The van der Waals surface area contributed by atoms with Gasteiger partial charge in [-0.2, -0.15) is 0 Å². The van der Waals surface area contributed by atoms with E-state index in [2.05, 4.69) is 17.4 Å². The van der Waals surface area contributed by atoms with E-state index in [1.54, 1.807) is 19.1 Å². The summed E-state index contributed by atoms with van der Waals surface area (Å²) in [5.74, 6) is 0.179. The summed E-state index contributed by atoms with van der Waals surface area (Å²) >= 11 is -0.358. The highest BCUT2D eigenvalue weighted by atomic mass is 127. The summed E-state index contributed by atoms with van der Waals surface area (Å²) in [6, 6.07) is 16.0. The number of rotatable bonds is 5. The van der Waals surface area contributed by atoms with Crippen molar-refractivity contribution in [2.24, 2.45) is 0 Å². The molecule has 0 aliphatic rings. The van der Waals surface area contributed by atoms with Crippen molar-refractivity contribution in [3.8, 4) is 0 Å². The Kier molecular flexibility index (Phi) is 8.97. The normalized spacial score (nSPS) is 11.7. The topological polar surface area (TPSA) is 86.3 Å². The van der Waals surface area contributed by atoms with Gasteiger partial charge in [-0.1, -0.05) is 35.9 Å². The zero-order chi connectivity index (χ0) is 19.7. The number of halogens is 1. The number of Topliss-reactive ketones (excluding diaryl/α,β-unsaturated/α-hetero) is 1. The standard InChI is InChI=1S/C12H14INO.C7H8O3S/c1-9(14-3)12(10(2)15)13-11-7-5-4-6-8-11;1-6-2-4-7(5-3-6)11(8,9)10/h4-8H,1-3H3;2-5H,1H3,(H,8,9,10). The van der Waals surface area contributed by atoms with Crippen molar-refractivity contribution in [1.29, 1.82) is 0 Å². The van der Waals surface area contributed by atoms with E-state index in [0.717, 1.165) is 14.8 Å². The van der Waals surface area contributed by atoms with Crippen LogP contribution in [0.15, 0.2) is 68.8 Å². The second kappa shape index (κ2) is 10.4. The first-order valence-corrected chi connectivity index (χ1v) is 11.3. The lowest BCUT2D eigenvalue weighted by molar-refractivity contribution is -0.571. The minimum Gasteiger partial charge on any atom is -0.744 e. The van der Waals surface area contributed by atoms with Gasteiger partial charge in [-0.15, -0.1) is 0 Å². The van der Waals surface area contributed by atoms with E-state index in [9.17, 15) is 17.8 Å². The molecule has 1 N–H and O–H groups in total. The van der Waals surface area contributed by atoms with E-state index >= 15 is 0 Å². The van der Waals surface area contributed by atoms with Crippen molar-refractivity contribution in [3.63, 3.8) is 0 Å². The first-order chi connectivity index (χ1) is 12.1. The summed E-state index contributed by atoms with van der Waals surface area (Å²) in [6.07, 6.45) is 0. The second-order valence-electron chi connectivity index (χ2n) is 5.40. The number of benzene rings is 2. The van der Waals surface area contributed by atoms with Crippen LogP contribution in [0.25, 0.3) is 0 Å².